The zero-order valence-electron chi connectivity index (χ0n) is 17.2. The summed E-state index contributed by atoms with van der Waals surface area (Å²) in [5.41, 5.74) is -0.106. The van der Waals surface area contributed by atoms with Crippen LogP contribution in [0.15, 0.2) is 24.4 Å². The van der Waals surface area contributed by atoms with Crippen LogP contribution >= 0.6 is 0 Å². The molecule has 3 heterocycles. The number of aryl methyl sites for hydroxylation is 1. The zero-order chi connectivity index (χ0) is 22.1. The molecule has 0 saturated carbocycles. The van der Waals surface area contributed by atoms with E-state index in [9.17, 15) is 19.2 Å². The number of fused-ring (bicyclic) bond motifs is 1. The highest BCUT2D eigenvalue weighted by molar-refractivity contribution is 6.16. The van der Waals surface area contributed by atoms with Gasteiger partial charge in [-0.2, -0.15) is 5.10 Å². The molecule has 158 valence electrons. The van der Waals surface area contributed by atoms with Crippen LogP contribution in [-0.2, 0) is 16.1 Å². The van der Waals surface area contributed by atoms with Crippen LogP contribution in [0, 0.1) is 5.92 Å². The normalized spacial score (nSPS) is 15.9. The van der Waals surface area contributed by atoms with Crippen LogP contribution in [0.4, 0.5) is 16.4 Å². The molecule has 2 amide bonds. The molecule has 2 aromatic heterocycles. The van der Waals surface area contributed by atoms with Crippen LogP contribution in [0.3, 0.4) is 0 Å². The monoisotopic (exact) mass is 413 g/mol. The van der Waals surface area contributed by atoms with Gasteiger partial charge in [-0.3, -0.25) is 24.4 Å². The predicted molar refractivity (Wildman–Crippen MR) is 107 cm³/mol. The number of aromatic nitrogens is 3. The van der Waals surface area contributed by atoms with E-state index in [0.29, 0.717) is 13.0 Å². The lowest BCUT2D eigenvalue weighted by Gasteiger charge is -2.21. The van der Waals surface area contributed by atoms with Gasteiger partial charge in [-0.05, 0) is 39.3 Å². The third kappa shape index (κ3) is 4.88. The minimum absolute atomic E-state index is 0.230. The number of rotatable bonds is 4. The Hall–Kier alpha value is -3.56. The lowest BCUT2D eigenvalue weighted by molar-refractivity contribution is -0.114. The molecule has 0 saturated heterocycles. The smallest absolute Gasteiger partial charge is 0.413 e. The molecule has 0 fully saturated rings. The van der Waals surface area contributed by atoms with Gasteiger partial charge in [0.25, 0.3) is 0 Å². The highest BCUT2D eigenvalue weighted by Crippen LogP contribution is 2.26. The van der Waals surface area contributed by atoms with Gasteiger partial charge in [-0.1, -0.05) is 0 Å². The average molecular weight is 413 g/mol. The number of hydrogen-bond acceptors (Lipinski definition) is 7. The summed E-state index contributed by atoms with van der Waals surface area (Å²) in [7, 11) is 0. The standard InChI is InChI=1S/C20H23N5O5/c1-11(26)22-16-9-14-18(28)13(7-8-25(14)24-16)17(27)12-5-6-15(21-10-12)23-19(29)30-20(2,3)4/h5-6,9-10,13H,7-8H2,1-4H3,(H,21,23,29)(H,22,24,26). The molecule has 30 heavy (non-hydrogen) atoms. The molecule has 0 aromatic carbocycles. The Morgan fingerprint density at radius 2 is 1.90 bits per heavy atom. The van der Waals surface area contributed by atoms with Crippen LogP contribution in [0.1, 0.15) is 55.0 Å². The van der Waals surface area contributed by atoms with Gasteiger partial charge in [0.15, 0.2) is 17.4 Å². The second-order valence-electron chi connectivity index (χ2n) is 7.95. The molecule has 1 aliphatic heterocycles. The quantitative estimate of drug-likeness (QED) is 0.581. The second-order valence-corrected chi connectivity index (χ2v) is 7.95. The highest BCUT2D eigenvalue weighted by atomic mass is 16.6. The van der Waals surface area contributed by atoms with Crippen LogP contribution in [-0.4, -0.2) is 43.9 Å². The van der Waals surface area contributed by atoms with E-state index in [0.717, 1.165) is 0 Å². The van der Waals surface area contributed by atoms with Gasteiger partial charge in [0.2, 0.25) is 5.91 Å². The van der Waals surface area contributed by atoms with Crippen molar-refractivity contribution in [1.29, 1.82) is 0 Å². The van der Waals surface area contributed by atoms with Crippen molar-refractivity contribution in [1.82, 2.24) is 14.8 Å². The fraction of sp³-hybridized carbons (Fsp3) is 0.400. The van der Waals surface area contributed by atoms with Gasteiger partial charge >= 0.3 is 6.09 Å². The molecule has 0 radical (unpaired) electrons. The van der Waals surface area contributed by atoms with E-state index >= 15 is 0 Å². The number of amides is 2. The number of nitrogens with one attached hydrogen (secondary N) is 2. The first kappa shape index (κ1) is 21.2. The first-order valence-electron chi connectivity index (χ1n) is 9.43. The SMILES string of the molecule is CC(=O)Nc1cc2n(n1)CCC(C(=O)c1ccc(NC(=O)OC(C)(C)C)nc1)C2=O. The first-order chi connectivity index (χ1) is 14.0. The summed E-state index contributed by atoms with van der Waals surface area (Å²) in [4.78, 5) is 52.7. The minimum atomic E-state index is -0.856. The third-order valence-corrected chi connectivity index (χ3v) is 4.28. The van der Waals surface area contributed by atoms with E-state index in [4.69, 9.17) is 4.74 Å². The van der Waals surface area contributed by atoms with E-state index in [1.807, 2.05) is 0 Å². The van der Waals surface area contributed by atoms with Crippen molar-refractivity contribution in [2.24, 2.45) is 5.92 Å². The molecule has 10 nitrogen and oxygen atoms in total. The predicted octanol–water partition coefficient (Wildman–Crippen LogP) is 2.67. The summed E-state index contributed by atoms with van der Waals surface area (Å²) in [6, 6.07) is 4.45. The fourth-order valence-corrected chi connectivity index (χ4v) is 3.06. The summed E-state index contributed by atoms with van der Waals surface area (Å²) >= 11 is 0. The summed E-state index contributed by atoms with van der Waals surface area (Å²) in [6.45, 7) is 6.96. The molecular weight excluding hydrogens is 390 g/mol. The molecule has 1 aliphatic rings. The number of Topliss-reactive ketones (excluding diaryl/α,β-unsaturated/α-hetero) is 2. The molecule has 1 unspecified atom stereocenters. The summed E-state index contributed by atoms with van der Waals surface area (Å²) < 4.78 is 6.64. The van der Waals surface area contributed by atoms with Crippen LogP contribution in [0.2, 0.25) is 0 Å². The third-order valence-electron chi connectivity index (χ3n) is 4.28. The molecule has 0 bridgehead atoms. The van der Waals surface area contributed by atoms with E-state index in [1.54, 1.807) is 20.8 Å². The molecule has 10 heteroatoms. The minimum Gasteiger partial charge on any atom is -0.444 e. The van der Waals surface area contributed by atoms with Crippen molar-refractivity contribution in [2.75, 3.05) is 10.6 Å². The number of carbonyl (C=O) groups is 4. The lowest BCUT2D eigenvalue weighted by Crippen LogP contribution is -2.32. The Bertz CT molecular complexity index is 1000. The van der Waals surface area contributed by atoms with Crippen LogP contribution in [0.5, 0.6) is 0 Å². The molecule has 1 atom stereocenters. The van der Waals surface area contributed by atoms with Crippen molar-refractivity contribution in [2.45, 2.75) is 46.3 Å². The van der Waals surface area contributed by atoms with Crippen LogP contribution in [0.25, 0.3) is 0 Å². The van der Waals surface area contributed by atoms with Gasteiger partial charge in [-0.25, -0.2) is 9.78 Å². The summed E-state index contributed by atoms with van der Waals surface area (Å²) in [5, 5.41) is 9.18. The highest BCUT2D eigenvalue weighted by Gasteiger charge is 2.35. The molecular formula is C20H23N5O5. The summed E-state index contributed by atoms with van der Waals surface area (Å²) in [5.74, 6) is -1.36. The number of nitrogens with zero attached hydrogens (tertiary/aromatic N) is 3. The Morgan fingerprint density at radius 3 is 2.50 bits per heavy atom. The van der Waals surface area contributed by atoms with Crippen molar-refractivity contribution >= 4 is 35.2 Å². The number of ether oxygens (including phenoxy) is 1. The van der Waals surface area contributed by atoms with Crippen molar-refractivity contribution in [3.63, 3.8) is 0 Å². The Kier molecular flexibility index (Phi) is 5.68. The van der Waals surface area contributed by atoms with Crippen molar-refractivity contribution in [3.05, 3.63) is 35.7 Å². The number of carbonyl (C=O) groups excluding carboxylic acids is 4. The van der Waals surface area contributed by atoms with E-state index in [2.05, 4.69) is 20.7 Å². The van der Waals surface area contributed by atoms with Gasteiger partial charge in [0.1, 0.15) is 17.1 Å². The lowest BCUT2D eigenvalue weighted by atomic mass is 9.88. The van der Waals surface area contributed by atoms with Gasteiger partial charge in [0.05, 0.1) is 5.92 Å². The van der Waals surface area contributed by atoms with Gasteiger partial charge in [0, 0.05) is 31.3 Å². The molecule has 0 spiro atoms. The molecule has 2 N–H and O–H groups in total. The van der Waals surface area contributed by atoms with Crippen LogP contribution < -0.4 is 10.6 Å². The largest absolute Gasteiger partial charge is 0.444 e. The zero-order valence-corrected chi connectivity index (χ0v) is 17.2. The maximum absolute atomic E-state index is 12.9. The molecule has 0 aliphatic carbocycles. The van der Waals surface area contributed by atoms with Crippen molar-refractivity contribution in [3.8, 4) is 0 Å². The second kappa shape index (κ2) is 8.05. The molecule has 3 rings (SSSR count). The van der Waals surface area contributed by atoms with Gasteiger partial charge in [-0.15, -0.1) is 0 Å². The Morgan fingerprint density at radius 1 is 1.17 bits per heavy atom. The average Bonchev–Trinajstić information content (AvgIpc) is 3.03. The Labute approximate surface area is 173 Å². The van der Waals surface area contributed by atoms with E-state index in [1.165, 1.54) is 36.0 Å². The number of ketones is 2. The fourth-order valence-electron chi connectivity index (χ4n) is 3.06. The molecule has 2 aromatic rings. The first-order valence-corrected chi connectivity index (χ1v) is 9.43. The number of anilines is 2. The number of pyridine rings is 1. The topological polar surface area (TPSA) is 132 Å². The van der Waals surface area contributed by atoms with E-state index in [-0.39, 0.29) is 40.4 Å². The maximum atomic E-state index is 12.9. The Balaban J connectivity index is 1.69. The van der Waals surface area contributed by atoms with Gasteiger partial charge < -0.3 is 10.1 Å². The van der Waals surface area contributed by atoms with Crippen molar-refractivity contribution < 1.29 is 23.9 Å². The number of hydrogen-bond donors (Lipinski definition) is 2. The maximum Gasteiger partial charge on any atom is 0.413 e. The summed E-state index contributed by atoms with van der Waals surface area (Å²) in [6.07, 6.45) is 0.959. The van der Waals surface area contributed by atoms with E-state index < -0.39 is 17.6 Å².